The molecular formula is C23H20FN3O4S. The summed E-state index contributed by atoms with van der Waals surface area (Å²) in [5.41, 5.74) is 2.49. The molecule has 0 saturated carbocycles. The highest BCUT2D eigenvalue weighted by Gasteiger charge is 2.19. The van der Waals surface area contributed by atoms with E-state index in [-0.39, 0.29) is 11.5 Å². The topological polar surface area (TPSA) is 86.5 Å². The lowest BCUT2D eigenvalue weighted by Gasteiger charge is -2.07. The molecule has 7 nitrogen and oxygen atoms in total. The normalized spacial score (nSPS) is 10.8. The Bertz CT molecular complexity index is 1250. The van der Waals surface area contributed by atoms with Crippen molar-refractivity contribution in [3.05, 3.63) is 76.2 Å². The van der Waals surface area contributed by atoms with Crippen molar-refractivity contribution in [1.29, 1.82) is 0 Å². The highest BCUT2D eigenvalue weighted by molar-refractivity contribution is 7.15. The minimum atomic E-state index is -0.441. The van der Waals surface area contributed by atoms with E-state index in [2.05, 4.69) is 15.5 Å². The van der Waals surface area contributed by atoms with Gasteiger partial charge >= 0.3 is 0 Å². The summed E-state index contributed by atoms with van der Waals surface area (Å²) in [5.74, 6) is 0.841. The van der Waals surface area contributed by atoms with Gasteiger partial charge in [0.2, 0.25) is 0 Å². The fraction of sp³-hybridized carbons (Fsp3) is 0.174. The molecule has 0 aliphatic carbocycles. The van der Waals surface area contributed by atoms with Crippen LogP contribution in [0.2, 0.25) is 0 Å². The molecule has 0 unspecified atom stereocenters. The Morgan fingerprint density at radius 1 is 1.12 bits per heavy atom. The number of nitrogens with zero attached hydrogens (tertiary/aromatic N) is 2. The van der Waals surface area contributed by atoms with E-state index in [0.717, 1.165) is 16.1 Å². The largest absolute Gasteiger partial charge is 0.497 e. The third kappa shape index (κ3) is 4.62. The fourth-order valence-corrected chi connectivity index (χ4v) is 4.10. The molecule has 164 valence electrons. The van der Waals surface area contributed by atoms with Gasteiger partial charge in [-0.25, -0.2) is 9.37 Å². The molecule has 0 radical (unpaired) electrons. The van der Waals surface area contributed by atoms with Crippen molar-refractivity contribution >= 4 is 22.4 Å². The van der Waals surface area contributed by atoms with Crippen LogP contribution in [0, 0.1) is 12.7 Å². The van der Waals surface area contributed by atoms with E-state index in [0.29, 0.717) is 34.4 Å². The van der Waals surface area contributed by atoms with Crippen LogP contribution in [0.15, 0.2) is 53.1 Å². The molecule has 9 heteroatoms. The average molecular weight is 453 g/mol. The van der Waals surface area contributed by atoms with Crippen molar-refractivity contribution in [3.8, 4) is 22.8 Å². The molecule has 1 amide bonds. The molecule has 32 heavy (non-hydrogen) atoms. The summed E-state index contributed by atoms with van der Waals surface area (Å²) in [6.07, 6.45) is 0.601. The number of amides is 1. The van der Waals surface area contributed by atoms with E-state index < -0.39 is 5.91 Å². The fourth-order valence-electron chi connectivity index (χ4n) is 3.11. The standard InChI is InChI=1S/C23H20FN3O4S/c1-13-21(10-14-4-6-15(24)7-5-14)32-23(25-13)26-22(28)18-12-20(31-27-18)17-11-16(29-2)8-9-19(17)30-3/h4-9,11-12H,10H2,1-3H3,(H,25,26,28). The quantitative estimate of drug-likeness (QED) is 0.419. The summed E-state index contributed by atoms with van der Waals surface area (Å²) in [4.78, 5) is 18.1. The predicted molar refractivity (Wildman–Crippen MR) is 119 cm³/mol. The lowest BCUT2D eigenvalue weighted by atomic mass is 10.1. The number of carbonyl (C=O) groups excluding carboxylic acids is 1. The molecule has 4 aromatic rings. The van der Waals surface area contributed by atoms with Gasteiger partial charge in [0, 0.05) is 17.4 Å². The van der Waals surface area contributed by atoms with E-state index in [1.165, 1.54) is 29.5 Å². The molecule has 1 N–H and O–H groups in total. The summed E-state index contributed by atoms with van der Waals surface area (Å²) in [6, 6.07) is 13.1. The van der Waals surface area contributed by atoms with E-state index in [9.17, 15) is 9.18 Å². The molecule has 2 heterocycles. The Balaban J connectivity index is 1.50. The third-order valence-corrected chi connectivity index (χ3v) is 5.88. The highest BCUT2D eigenvalue weighted by atomic mass is 32.1. The number of halogens is 1. The van der Waals surface area contributed by atoms with Gasteiger partial charge in [-0.15, -0.1) is 11.3 Å². The summed E-state index contributed by atoms with van der Waals surface area (Å²) in [7, 11) is 3.11. The first kappa shape index (κ1) is 21.5. The summed E-state index contributed by atoms with van der Waals surface area (Å²) < 4.78 is 29.1. The zero-order chi connectivity index (χ0) is 22.7. The summed E-state index contributed by atoms with van der Waals surface area (Å²) in [6.45, 7) is 1.87. The first-order valence-corrected chi connectivity index (χ1v) is 10.5. The number of thiazole rings is 1. The van der Waals surface area contributed by atoms with Crippen molar-refractivity contribution in [2.45, 2.75) is 13.3 Å². The van der Waals surface area contributed by atoms with Crippen molar-refractivity contribution < 1.29 is 23.2 Å². The number of nitrogens with one attached hydrogen (secondary N) is 1. The second-order valence-corrected chi connectivity index (χ2v) is 8.01. The lowest BCUT2D eigenvalue weighted by Crippen LogP contribution is -2.11. The minimum Gasteiger partial charge on any atom is -0.497 e. The van der Waals surface area contributed by atoms with Crippen LogP contribution in [-0.2, 0) is 6.42 Å². The summed E-state index contributed by atoms with van der Waals surface area (Å²) >= 11 is 1.36. The van der Waals surface area contributed by atoms with Crippen LogP contribution in [-0.4, -0.2) is 30.3 Å². The number of rotatable bonds is 7. The number of hydrogen-bond acceptors (Lipinski definition) is 7. The SMILES string of the molecule is COc1ccc(OC)c(-c2cc(C(=O)Nc3nc(C)c(Cc4ccc(F)cc4)s3)no2)c1. The molecule has 0 aliphatic heterocycles. The predicted octanol–water partition coefficient (Wildman–Crippen LogP) is 5.11. The molecule has 0 spiro atoms. The maximum atomic E-state index is 13.1. The Morgan fingerprint density at radius 3 is 2.62 bits per heavy atom. The van der Waals surface area contributed by atoms with Crippen LogP contribution >= 0.6 is 11.3 Å². The molecular weight excluding hydrogens is 433 g/mol. The van der Waals surface area contributed by atoms with Gasteiger partial charge in [-0.1, -0.05) is 17.3 Å². The van der Waals surface area contributed by atoms with Crippen molar-refractivity contribution in [1.82, 2.24) is 10.1 Å². The Hall–Kier alpha value is -3.72. The van der Waals surface area contributed by atoms with Gasteiger partial charge in [-0.05, 0) is 42.8 Å². The average Bonchev–Trinajstić information content (AvgIpc) is 3.42. The lowest BCUT2D eigenvalue weighted by molar-refractivity contribution is 0.101. The van der Waals surface area contributed by atoms with Crippen LogP contribution in [0.3, 0.4) is 0 Å². The van der Waals surface area contributed by atoms with Crippen molar-refractivity contribution in [2.24, 2.45) is 0 Å². The second-order valence-electron chi connectivity index (χ2n) is 6.93. The molecule has 2 aromatic heterocycles. The van der Waals surface area contributed by atoms with Crippen molar-refractivity contribution in [2.75, 3.05) is 19.5 Å². The van der Waals surface area contributed by atoms with Gasteiger partial charge in [0.25, 0.3) is 5.91 Å². The number of carbonyl (C=O) groups is 1. The zero-order valence-corrected chi connectivity index (χ0v) is 18.5. The number of aromatic nitrogens is 2. The highest BCUT2D eigenvalue weighted by Crippen LogP contribution is 2.34. The van der Waals surface area contributed by atoms with Gasteiger partial charge < -0.3 is 14.0 Å². The number of anilines is 1. The molecule has 0 aliphatic rings. The van der Waals surface area contributed by atoms with Crippen LogP contribution in [0.25, 0.3) is 11.3 Å². The van der Waals surface area contributed by atoms with Gasteiger partial charge in [0.15, 0.2) is 16.6 Å². The van der Waals surface area contributed by atoms with Gasteiger partial charge in [-0.3, -0.25) is 10.1 Å². The molecule has 0 atom stereocenters. The maximum Gasteiger partial charge on any atom is 0.279 e. The van der Waals surface area contributed by atoms with Crippen LogP contribution in [0.4, 0.5) is 9.52 Å². The van der Waals surface area contributed by atoms with Crippen molar-refractivity contribution in [3.63, 3.8) is 0 Å². The number of aryl methyl sites for hydroxylation is 1. The Morgan fingerprint density at radius 2 is 1.91 bits per heavy atom. The molecule has 0 bridgehead atoms. The van der Waals surface area contributed by atoms with Crippen LogP contribution in [0.1, 0.15) is 26.6 Å². The van der Waals surface area contributed by atoms with E-state index in [4.69, 9.17) is 14.0 Å². The van der Waals surface area contributed by atoms with Crippen LogP contribution in [0.5, 0.6) is 11.5 Å². The van der Waals surface area contributed by atoms with E-state index in [1.54, 1.807) is 44.6 Å². The second kappa shape index (κ2) is 9.19. The third-order valence-electron chi connectivity index (χ3n) is 4.81. The Kier molecular flexibility index (Phi) is 6.18. The number of benzene rings is 2. The molecule has 4 rings (SSSR count). The molecule has 2 aromatic carbocycles. The molecule has 0 saturated heterocycles. The number of methoxy groups -OCH3 is 2. The van der Waals surface area contributed by atoms with E-state index in [1.807, 2.05) is 6.92 Å². The van der Waals surface area contributed by atoms with Gasteiger partial charge in [-0.2, -0.15) is 0 Å². The molecule has 0 fully saturated rings. The first-order chi connectivity index (χ1) is 15.5. The maximum absolute atomic E-state index is 13.1. The first-order valence-electron chi connectivity index (χ1n) is 9.68. The summed E-state index contributed by atoms with van der Waals surface area (Å²) in [5, 5.41) is 7.09. The number of ether oxygens (including phenoxy) is 2. The van der Waals surface area contributed by atoms with Crippen LogP contribution < -0.4 is 14.8 Å². The minimum absolute atomic E-state index is 0.109. The smallest absolute Gasteiger partial charge is 0.279 e. The monoisotopic (exact) mass is 453 g/mol. The van der Waals surface area contributed by atoms with Gasteiger partial charge in [0.1, 0.15) is 17.3 Å². The zero-order valence-electron chi connectivity index (χ0n) is 17.6. The van der Waals surface area contributed by atoms with E-state index >= 15 is 0 Å². The Labute approximate surface area is 187 Å². The number of hydrogen-bond donors (Lipinski definition) is 1. The van der Waals surface area contributed by atoms with Gasteiger partial charge in [0.05, 0.1) is 25.5 Å².